The van der Waals surface area contributed by atoms with E-state index in [1.807, 2.05) is 13.8 Å². The Hall–Kier alpha value is -1.09. The Morgan fingerprint density at radius 3 is 2.09 bits per heavy atom. The van der Waals surface area contributed by atoms with Crippen LogP contribution < -0.4 is 0 Å². The fourth-order valence-electron chi connectivity index (χ4n) is 6.27. The molecule has 1 unspecified atom stereocenters. The van der Waals surface area contributed by atoms with Crippen molar-refractivity contribution in [3.63, 3.8) is 0 Å². The predicted octanol–water partition coefficient (Wildman–Crippen LogP) is 6.52. The Labute approximate surface area is 191 Å². The number of allylic oxidation sites excluding steroid dienone is 1. The van der Waals surface area contributed by atoms with Crippen LogP contribution in [-0.4, -0.2) is 39.6 Å². The SMILES string of the molecule is CC(C)(O)CCC[C@](C)(CC=CC(O)(C(F)(F)F)C(F)(F)F)[C@H]1CCC2C(=O)CCC[C@@]21C. The molecule has 0 amide bonds. The van der Waals surface area contributed by atoms with Crippen LogP contribution in [0.2, 0.25) is 0 Å². The number of hydrogen-bond donors (Lipinski definition) is 2. The highest BCUT2D eigenvalue weighted by Gasteiger charge is 2.69. The lowest BCUT2D eigenvalue weighted by Gasteiger charge is -2.48. The van der Waals surface area contributed by atoms with E-state index < -0.39 is 29.0 Å². The van der Waals surface area contributed by atoms with Gasteiger partial charge >= 0.3 is 12.4 Å². The average Bonchev–Trinajstić information content (AvgIpc) is 2.97. The van der Waals surface area contributed by atoms with E-state index in [0.717, 1.165) is 18.9 Å². The van der Waals surface area contributed by atoms with Gasteiger partial charge in [0.05, 0.1) is 5.60 Å². The van der Waals surface area contributed by atoms with Crippen molar-refractivity contribution in [1.82, 2.24) is 0 Å². The molecule has 3 nitrogen and oxygen atoms in total. The molecule has 192 valence electrons. The van der Waals surface area contributed by atoms with Crippen LogP contribution in [0.3, 0.4) is 0 Å². The number of fused-ring (bicyclic) bond motifs is 1. The minimum Gasteiger partial charge on any atom is -0.390 e. The molecule has 2 saturated carbocycles. The minimum absolute atomic E-state index is 0.0735. The van der Waals surface area contributed by atoms with E-state index in [4.69, 9.17) is 0 Å². The summed E-state index contributed by atoms with van der Waals surface area (Å²) < 4.78 is 78.6. The zero-order valence-corrected chi connectivity index (χ0v) is 19.7. The first-order chi connectivity index (χ1) is 14.8. The molecule has 4 atom stereocenters. The second-order valence-corrected chi connectivity index (χ2v) is 11.2. The van der Waals surface area contributed by atoms with E-state index >= 15 is 0 Å². The lowest BCUT2D eigenvalue weighted by Crippen LogP contribution is -2.55. The molecule has 0 aliphatic heterocycles. The van der Waals surface area contributed by atoms with Crippen LogP contribution >= 0.6 is 0 Å². The maximum Gasteiger partial charge on any atom is 0.429 e. The molecule has 0 radical (unpaired) electrons. The first kappa shape index (κ1) is 28.1. The summed E-state index contributed by atoms with van der Waals surface area (Å²) in [5.41, 5.74) is -6.93. The van der Waals surface area contributed by atoms with Gasteiger partial charge in [-0.15, -0.1) is 0 Å². The third kappa shape index (κ3) is 5.77. The fourth-order valence-corrected chi connectivity index (χ4v) is 6.27. The third-order valence-corrected chi connectivity index (χ3v) is 8.05. The van der Waals surface area contributed by atoms with E-state index in [0.29, 0.717) is 38.5 Å². The number of halogens is 6. The lowest BCUT2D eigenvalue weighted by molar-refractivity contribution is -0.347. The number of rotatable bonds is 8. The van der Waals surface area contributed by atoms with Gasteiger partial charge in [0.25, 0.3) is 5.60 Å². The highest BCUT2D eigenvalue weighted by atomic mass is 19.4. The highest BCUT2D eigenvalue weighted by molar-refractivity contribution is 5.83. The summed E-state index contributed by atoms with van der Waals surface area (Å²) in [7, 11) is 0. The molecule has 2 N–H and O–H groups in total. The number of ketones is 1. The van der Waals surface area contributed by atoms with Crippen molar-refractivity contribution in [2.45, 2.75) is 109 Å². The summed E-state index contributed by atoms with van der Waals surface area (Å²) in [6.07, 6.45) is -6.52. The third-order valence-electron chi connectivity index (χ3n) is 8.05. The Balaban J connectivity index is 2.36. The van der Waals surface area contributed by atoms with Crippen LogP contribution in [0.15, 0.2) is 12.2 Å². The van der Waals surface area contributed by atoms with Gasteiger partial charge in [-0.25, -0.2) is 0 Å². The summed E-state index contributed by atoms with van der Waals surface area (Å²) in [5.74, 6) is -0.0316. The van der Waals surface area contributed by atoms with Gasteiger partial charge in [-0.05, 0) is 81.6 Å². The normalized spacial score (nSPS) is 29.4. The molecule has 33 heavy (non-hydrogen) atoms. The minimum atomic E-state index is -5.90. The molecule has 0 bridgehead atoms. The van der Waals surface area contributed by atoms with Gasteiger partial charge in [-0.3, -0.25) is 4.79 Å². The predicted molar refractivity (Wildman–Crippen MR) is 112 cm³/mol. The Bertz CT molecular complexity index is 722. The largest absolute Gasteiger partial charge is 0.429 e. The van der Waals surface area contributed by atoms with Crippen molar-refractivity contribution in [2.24, 2.45) is 22.7 Å². The molecule has 2 aliphatic carbocycles. The molecule has 2 aliphatic rings. The number of carbonyl (C=O) groups is 1. The smallest absolute Gasteiger partial charge is 0.390 e. The summed E-state index contributed by atoms with van der Waals surface area (Å²) >= 11 is 0. The summed E-state index contributed by atoms with van der Waals surface area (Å²) in [5, 5.41) is 19.6. The quantitative estimate of drug-likeness (QED) is 0.303. The second-order valence-electron chi connectivity index (χ2n) is 11.2. The van der Waals surface area contributed by atoms with Crippen LogP contribution in [0.1, 0.15) is 85.5 Å². The molecule has 9 heteroatoms. The van der Waals surface area contributed by atoms with Crippen LogP contribution in [0.25, 0.3) is 0 Å². The van der Waals surface area contributed by atoms with Crippen molar-refractivity contribution < 1.29 is 41.4 Å². The lowest BCUT2D eigenvalue weighted by atomic mass is 9.56. The molecule has 0 aromatic rings. The zero-order valence-electron chi connectivity index (χ0n) is 19.7. The van der Waals surface area contributed by atoms with Gasteiger partial charge < -0.3 is 10.2 Å². The van der Waals surface area contributed by atoms with Crippen molar-refractivity contribution in [3.8, 4) is 0 Å². The molecular weight excluding hydrogens is 450 g/mol. The topological polar surface area (TPSA) is 57.5 Å². The van der Waals surface area contributed by atoms with Crippen LogP contribution in [-0.2, 0) is 4.79 Å². The standard InChI is InChI=1S/C24H36F6O3/c1-19(2,32)11-6-12-20(3,13-7-15-22(33,23(25,26)27)24(28,29)30)18-10-9-16-17(31)8-5-14-21(16,18)4/h7,15-16,18,32-33H,5-6,8-14H2,1-4H3/t16?,18-,20-,21+/m1/s1. The zero-order chi connectivity index (χ0) is 25.5. The van der Waals surface area contributed by atoms with Gasteiger partial charge in [0, 0.05) is 12.3 Å². The van der Waals surface area contributed by atoms with Gasteiger partial charge in [0.2, 0.25) is 0 Å². The number of aliphatic hydroxyl groups is 2. The number of carbonyl (C=O) groups excluding carboxylic acids is 1. The molecule has 0 spiro atoms. The molecule has 2 rings (SSSR count). The van der Waals surface area contributed by atoms with E-state index in [-0.39, 0.29) is 35.5 Å². The van der Waals surface area contributed by atoms with E-state index in [1.165, 1.54) is 0 Å². The van der Waals surface area contributed by atoms with E-state index in [9.17, 15) is 41.4 Å². The second kappa shape index (κ2) is 9.17. The number of alkyl halides is 6. The molecule has 2 fully saturated rings. The number of hydrogen-bond acceptors (Lipinski definition) is 3. The highest BCUT2D eigenvalue weighted by Crippen LogP contribution is 2.61. The van der Waals surface area contributed by atoms with Gasteiger partial charge in [0.1, 0.15) is 5.78 Å². The van der Waals surface area contributed by atoms with Crippen LogP contribution in [0, 0.1) is 22.7 Å². The van der Waals surface area contributed by atoms with Crippen molar-refractivity contribution in [1.29, 1.82) is 0 Å². The van der Waals surface area contributed by atoms with Gasteiger partial charge in [0.15, 0.2) is 0 Å². The Morgan fingerprint density at radius 2 is 1.58 bits per heavy atom. The summed E-state index contributed by atoms with van der Waals surface area (Å²) in [6.45, 7) is 7.15. The Morgan fingerprint density at radius 1 is 1.00 bits per heavy atom. The van der Waals surface area contributed by atoms with Crippen LogP contribution in [0.4, 0.5) is 26.3 Å². The molecule has 0 saturated heterocycles. The van der Waals surface area contributed by atoms with E-state index in [1.54, 1.807) is 13.8 Å². The monoisotopic (exact) mass is 486 g/mol. The molecule has 0 aromatic carbocycles. The fraction of sp³-hybridized carbons (Fsp3) is 0.875. The van der Waals surface area contributed by atoms with Crippen molar-refractivity contribution in [3.05, 3.63) is 12.2 Å². The maximum atomic E-state index is 13.1. The first-order valence-corrected chi connectivity index (χ1v) is 11.6. The van der Waals surface area contributed by atoms with Crippen molar-refractivity contribution >= 4 is 5.78 Å². The maximum absolute atomic E-state index is 13.1. The Kier molecular flexibility index (Phi) is 7.82. The van der Waals surface area contributed by atoms with Gasteiger partial charge in [-0.1, -0.05) is 26.3 Å². The summed E-state index contributed by atoms with van der Waals surface area (Å²) in [6, 6.07) is 0. The molecular formula is C24H36F6O3. The molecule has 0 heterocycles. The van der Waals surface area contributed by atoms with Crippen molar-refractivity contribution in [2.75, 3.05) is 0 Å². The number of Topliss-reactive ketones (excluding diaryl/α,β-unsaturated/α-hetero) is 1. The average molecular weight is 487 g/mol. The van der Waals surface area contributed by atoms with E-state index in [2.05, 4.69) is 0 Å². The summed E-state index contributed by atoms with van der Waals surface area (Å²) in [4.78, 5) is 12.5. The molecule has 0 aromatic heterocycles. The first-order valence-electron chi connectivity index (χ1n) is 11.6. The van der Waals surface area contributed by atoms with Gasteiger partial charge in [-0.2, -0.15) is 26.3 Å². The van der Waals surface area contributed by atoms with Crippen LogP contribution in [0.5, 0.6) is 0 Å².